The van der Waals surface area contributed by atoms with Crippen LogP contribution >= 0.6 is 0 Å². The lowest BCUT2D eigenvalue weighted by Gasteiger charge is -2.25. The molecule has 0 bridgehead atoms. The van der Waals surface area contributed by atoms with Gasteiger partial charge in [-0.15, -0.1) is 0 Å². The van der Waals surface area contributed by atoms with E-state index < -0.39 is 23.6 Å². The van der Waals surface area contributed by atoms with E-state index in [0.29, 0.717) is 12.8 Å². The third kappa shape index (κ3) is 3.50. The summed E-state index contributed by atoms with van der Waals surface area (Å²) in [5.74, 6) is -0.978. The molecule has 2 atom stereocenters. The minimum absolute atomic E-state index is 0.287. The summed E-state index contributed by atoms with van der Waals surface area (Å²) in [6.07, 6.45) is 0.300. The van der Waals surface area contributed by atoms with Gasteiger partial charge in [-0.2, -0.15) is 0 Å². The zero-order valence-corrected chi connectivity index (χ0v) is 14.1. The second-order valence-corrected chi connectivity index (χ2v) is 6.71. The molecule has 4 heteroatoms. The molecule has 1 aromatic rings. The molecule has 0 aliphatic carbocycles. The highest BCUT2D eigenvalue weighted by Crippen LogP contribution is 2.43. The van der Waals surface area contributed by atoms with Crippen LogP contribution in [0.25, 0.3) is 0 Å². The van der Waals surface area contributed by atoms with E-state index in [0.717, 1.165) is 5.56 Å². The third-order valence-corrected chi connectivity index (χ3v) is 3.96. The van der Waals surface area contributed by atoms with Gasteiger partial charge in [0.1, 0.15) is 6.10 Å². The van der Waals surface area contributed by atoms with Gasteiger partial charge < -0.3 is 14.2 Å². The zero-order chi connectivity index (χ0) is 16.4. The van der Waals surface area contributed by atoms with Crippen molar-refractivity contribution in [2.45, 2.75) is 65.6 Å². The first-order valence-corrected chi connectivity index (χ1v) is 7.93. The molecule has 0 spiro atoms. The summed E-state index contributed by atoms with van der Waals surface area (Å²) in [5, 5.41) is 0. The largest absolute Gasteiger partial charge is 0.432 e. The van der Waals surface area contributed by atoms with E-state index in [-0.39, 0.29) is 5.97 Å². The molecule has 1 fully saturated rings. The van der Waals surface area contributed by atoms with E-state index in [1.807, 2.05) is 65.0 Å². The van der Waals surface area contributed by atoms with Gasteiger partial charge in [0.25, 0.3) is 0 Å². The fourth-order valence-electron chi connectivity index (χ4n) is 2.41. The van der Waals surface area contributed by atoms with Gasteiger partial charge in [-0.1, -0.05) is 44.2 Å². The van der Waals surface area contributed by atoms with Crippen molar-refractivity contribution in [3.8, 4) is 0 Å². The van der Waals surface area contributed by atoms with Crippen LogP contribution in [0.3, 0.4) is 0 Å². The highest BCUT2D eigenvalue weighted by atomic mass is 16.8. The first-order valence-electron chi connectivity index (χ1n) is 7.93. The Balaban J connectivity index is 2.25. The second-order valence-electron chi connectivity index (χ2n) is 6.71. The number of carbonyl (C=O) groups is 1. The summed E-state index contributed by atoms with van der Waals surface area (Å²) in [6, 6.07) is 9.77. The van der Waals surface area contributed by atoms with Gasteiger partial charge in [0.2, 0.25) is 6.29 Å². The normalized spacial score (nSPS) is 24.2. The molecule has 0 unspecified atom stereocenters. The minimum atomic E-state index is -0.714. The Hall–Kier alpha value is -1.39. The molecular formula is C18H26O4. The molecule has 22 heavy (non-hydrogen) atoms. The first-order chi connectivity index (χ1) is 10.3. The van der Waals surface area contributed by atoms with E-state index in [4.69, 9.17) is 14.2 Å². The smallest absolute Gasteiger partial charge is 0.313 e. The van der Waals surface area contributed by atoms with Gasteiger partial charge in [0.05, 0.1) is 5.41 Å². The minimum Gasteiger partial charge on any atom is -0.432 e. The van der Waals surface area contributed by atoms with Gasteiger partial charge in [-0.25, -0.2) is 0 Å². The van der Waals surface area contributed by atoms with Crippen molar-refractivity contribution in [2.24, 2.45) is 5.41 Å². The van der Waals surface area contributed by atoms with Crippen LogP contribution in [-0.4, -0.2) is 18.0 Å². The lowest BCUT2D eigenvalue weighted by molar-refractivity contribution is -0.218. The van der Waals surface area contributed by atoms with Crippen LogP contribution in [0.15, 0.2) is 30.3 Å². The Morgan fingerprint density at radius 3 is 2.23 bits per heavy atom. The van der Waals surface area contributed by atoms with E-state index in [9.17, 15) is 4.79 Å². The molecule has 1 aliphatic heterocycles. The molecule has 4 nitrogen and oxygen atoms in total. The predicted molar refractivity (Wildman–Crippen MR) is 84.0 cm³/mol. The number of ether oxygens (including phenoxy) is 3. The van der Waals surface area contributed by atoms with E-state index in [1.54, 1.807) is 0 Å². The van der Waals surface area contributed by atoms with E-state index in [1.165, 1.54) is 0 Å². The summed E-state index contributed by atoms with van der Waals surface area (Å²) in [5.41, 5.74) is 0.381. The Kier molecular flexibility index (Phi) is 4.93. The van der Waals surface area contributed by atoms with Gasteiger partial charge in [-0.3, -0.25) is 4.79 Å². The monoisotopic (exact) mass is 306 g/mol. The number of hydrogen-bond acceptors (Lipinski definition) is 4. The number of hydrogen-bond donors (Lipinski definition) is 0. The summed E-state index contributed by atoms with van der Waals surface area (Å²) < 4.78 is 17.8. The molecule has 0 radical (unpaired) electrons. The highest BCUT2D eigenvalue weighted by Gasteiger charge is 2.48. The van der Waals surface area contributed by atoms with Crippen LogP contribution in [0, 0.1) is 5.41 Å². The first kappa shape index (κ1) is 17.0. The average molecular weight is 306 g/mol. The van der Waals surface area contributed by atoms with Crippen molar-refractivity contribution < 1.29 is 19.0 Å². The van der Waals surface area contributed by atoms with Crippen LogP contribution in [-0.2, 0) is 19.0 Å². The lowest BCUT2D eigenvalue weighted by Crippen LogP contribution is -2.33. The van der Waals surface area contributed by atoms with E-state index in [2.05, 4.69) is 0 Å². The molecule has 1 aromatic carbocycles. The number of benzene rings is 1. The van der Waals surface area contributed by atoms with Crippen LogP contribution in [0.1, 0.15) is 59.1 Å². The number of rotatable bonds is 4. The molecule has 1 saturated heterocycles. The van der Waals surface area contributed by atoms with Crippen LogP contribution in [0.2, 0.25) is 0 Å². The second kappa shape index (κ2) is 6.39. The lowest BCUT2D eigenvalue weighted by atomic mass is 9.97. The molecule has 1 aliphatic rings. The Labute approximate surface area is 132 Å². The van der Waals surface area contributed by atoms with Crippen LogP contribution < -0.4 is 0 Å². The van der Waals surface area contributed by atoms with Crippen molar-refractivity contribution >= 4 is 5.97 Å². The van der Waals surface area contributed by atoms with Crippen LogP contribution in [0.4, 0.5) is 0 Å². The summed E-state index contributed by atoms with van der Waals surface area (Å²) >= 11 is 0. The maximum Gasteiger partial charge on any atom is 0.313 e. The fraction of sp³-hybridized carbons (Fsp3) is 0.611. The van der Waals surface area contributed by atoms with Gasteiger partial charge in [0, 0.05) is 0 Å². The van der Waals surface area contributed by atoms with Gasteiger partial charge >= 0.3 is 5.97 Å². The summed E-state index contributed by atoms with van der Waals surface area (Å²) in [7, 11) is 0. The van der Waals surface area contributed by atoms with Crippen molar-refractivity contribution in [2.75, 3.05) is 0 Å². The van der Waals surface area contributed by atoms with Crippen molar-refractivity contribution in [3.05, 3.63) is 35.9 Å². The standard InChI is InChI=1S/C18H26O4/c1-6-18(7-2)21-14(13-11-9-8-10-12-13)15(22-18)20-16(19)17(3,4)5/h8-12,14-15H,6-7H2,1-5H3/t14-,15+/m0/s1. The maximum atomic E-state index is 12.2. The maximum absolute atomic E-state index is 12.2. The number of esters is 1. The molecule has 2 rings (SSSR count). The van der Waals surface area contributed by atoms with Crippen molar-refractivity contribution in [1.29, 1.82) is 0 Å². The Morgan fingerprint density at radius 1 is 1.14 bits per heavy atom. The fourth-order valence-corrected chi connectivity index (χ4v) is 2.41. The van der Waals surface area contributed by atoms with E-state index >= 15 is 0 Å². The quantitative estimate of drug-likeness (QED) is 0.782. The molecule has 0 amide bonds. The Bertz CT molecular complexity index is 500. The van der Waals surface area contributed by atoms with Gasteiger partial charge in [0.15, 0.2) is 5.79 Å². The zero-order valence-electron chi connectivity index (χ0n) is 14.1. The number of carbonyl (C=O) groups excluding carboxylic acids is 1. The molecule has 1 heterocycles. The van der Waals surface area contributed by atoms with Crippen LogP contribution in [0.5, 0.6) is 0 Å². The summed E-state index contributed by atoms with van der Waals surface area (Å²) in [6.45, 7) is 9.51. The summed E-state index contributed by atoms with van der Waals surface area (Å²) in [4.78, 5) is 12.2. The van der Waals surface area contributed by atoms with Crippen molar-refractivity contribution in [3.63, 3.8) is 0 Å². The molecule has 0 aromatic heterocycles. The average Bonchev–Trinajstić information content (AvgIpc) is 2.87. The predicted octanol–water partition coefficient (Wildman–Crippen LogP) is 4.21. The molecular weight excluding hydrogens is 280 g/mol. The highest BCUT2D eigenvalue weighted by molar-refractivity contribution is 5.75. The van der Waals surface area contributed by atoms with Crippen molar-refractivity contribution in [1.82, 2.24) is 0 Å². The third-order valence-electron chi connectivity index (χ3n) is 3.96. The Morgan fingerprint density at radius 2 is 1.73 bits per heavy atom. The van der Waals surface area contributed by atoms with Gasteiger partial charge in [-0.05, 0) is 39.2 Å². The topological polar surface area (TPSA) is 44.8 Å². The molecule has 122 valence electrons. The SMILES string of the molecule is CCC1(CC)O[C@@H](OC(=O)C(C)(C)C)[C@H](c2ccccc2)O1. The molecule has 0 saturated carbocycles. The molecule has 0 N–H and O–H groups in total.